The number of carbonyl (C=O) groups excluding carboxylic acids is 1. The van der Waals surface area contributed by atoms with Crippen LogP contribution in [-0.4, -0.2) is 11.9 Å². The summed E-state index contributed by atoms with van der Waals surface area (Å²) in [7, 11) is 0. The first-order chi connectivity index (χ1) is 6.11. The van der Waals surface area contributed by atoms with Gasteiger partial charge < -0.3 is 10.5 Å². The van der Waals surface area contributed by atoms with Crippen molar-refractivity contribution < 1.29 is 9.53 Å². The summed E-state index contributed by atoms with van der Waals surface area (Å²) < 4.78 is 5.33. The SMILES string of the molecule is CC(=O)C(C)Oc1ccccc1N. The molecule has 13 heavy (non-hydrogen) atoms. The van der Waals surface area contributed by atoms with Crippen LogP contribution in [0, 0.1) is 0 Å². The van der Waals surface area contributed by atoms with E-state index in [1.807, 2.05) is 12.1 Å². The quantitative estimate of drug-likeness (QED) is 0.717. The Balaban J connectivity index is 2.74. The molecule has 0 aliphatic rings. The monoisotopic (exact) mass is 179 g/mol. The largest absolute Gasteiger partial charge is 0.481 e. The highest BCUT2D eigenvalue weighted by atomic mass is 16.5. The Morgan fingerprint density at radius 1 is 1.46 bits per heavy atom. The van der Waals surface area contributed by atoms with E-state index < -0.39 is 6.10 Å². The molecule has 0 saturated carbocycles. The van der Waals surface area contributed by atoms with Crippen LogP contribution in [0.2, 0.25) is 0 Å². The van der Waals surface area contributed by atoms with E-state index in [0.29, 0.717) is 11.4 Å². The van der Waals surface area contributed by atoms with Crippen molar-refractivity contribution in [2.45, 2.75) is 20.0 Å². The Labute approximate surface area is 77.5 Å². The number of hydrogen-bond donors (Lipinski definition) is 1. The van der Waals surface area contributed by atoms with Crippen LogP contribution < -0.4 is 10.5 Å². The first kappa shape index (κ1) is 9.58. The van der Waals surface area contributed by atoms with Gasteiger partial charge in [-0.15, -0.1) is 0 Å². The molecule has 0 spiro atoms. The van der Waals surface area contributed by atoms with E-state index in [0.717, 1.165) is 0 Å². The minimum atomic E-state index is -0.440. The predicted molar refractivity (Wildman–Crippen MR) is 51.6 cm³/mol. The van der Waals surface area contributed by atoms with Crippen LogP contribution in [-0.2, 0) is 4.79 Å². The van der Waals surface area contributed by atoms with Crippen LogP contribution >= 0.6 is 0 Å². The summed E-state index contributed by atoms with van der Waals surface area (Å²) in [5.41, 5.74) is 6.18. The molecular weight excluding hydrogens is 166 g/mol. The molecule has 1 aromatic rings. The normalized spacial score (nSPS) is 12.2. The van der Waals surface area contributed by atoms with E-state index in [1.165, 1.54) is 6.92 Å². The summed E-state index contributed by atoms with van der Waals surface area (Å²) >= 11 is 0. The molecule has 1 aromatic carbocycles. The fourth-order valence-corrected chi connectivity index (χ4v) is 0.861. The molecular formula is C10H13NO2. The van der Waals surface area contributed by atoms with Crippen molar-refractivity contribution in [3.8, 4) is 5.75 Å². The van der Waals surface area contributed by atoms with E-state index in [-0.39, 0.29) is 5.78 Å². The lowest BCUT2D eigenvalue weighted by Crippen LogP contribution is -2.21. The van der Waals surface area contributed by atoms with Gasteiger partial charge in [0.15, 0.2) is 11.9 Å². The van der Waals surface area contributed by atoms with E-state index >= 15 is 0 Å². The van der Waals surface area contributed by atoms with Gasteiger partial charge in [-0.05, 0) is 26.0 Å². The Morgan fingerprint density at radius 2 is 2.08 bits per heavy atom. The summed E-state index contributed by atoms with van der Waals surface area (Å²) in [5, 5.41) is 0. The van der Waals surface area contributed by atoms with E-state index in [9.17, 15) is 4.79 Å². The molecule has 0 radical (unpaired) electrons. The second-order valence-corrected chi connectivity index (χ2v) is 2.91. The number of rotatable bonds is 3. The second-order valence-electron chi connectivity index (χ2n) is 2.91. The molecule has 2 N–H and O–H groups in total. The standard InChI is InChI=1S/C10H13NO2/c1-7(12)8(2)13-10-6-4-3-5-9(10)11/h3-6,8H,11H2,1-2H3. The van der Waals surface area contributed by atoms with Gasteiger partial charge in [-0.1, -0.05) is 12.1 Å². The smallest absolute Gasteiger partial charge is 0.169 e. The Kier molecular flexibility index (Phi) is 2.90. The lowest BCUT2D eigenvalue weighted by atomic mass is 10.2. The molecule has 0 aliphatic carbocycles. The van der Waals surface area contributed by atoms with Crippen molar-refractivity contribution >= 4 is 11.5 Å². The number of para-hydroxylation sites is 2. The summed E-state index contributed by atoms with van der Waals surface area (Å²) in [4.78, 5) is 10.9. The first-order valence-corrected chi connectivity index (χ1v) is 4.13. The highest BCUT2D eigenvalue weighted by Crippen LogP contribution is 2.21. The topological polar surface area (TPSA) is 52.3 Å². The maximum absolute atomic E-state index is 10.9. The summed E-state index contributed by atoms with van der Waals surface area (Å²) in [6.45, 7) is 3.19. The number of carbonyl (C=O) groups is 1. The average Bonchev–Trinajstić information content (AvgIpc) is 2.08. The summed E-state index contributed by atoms with van der Waals surface area (Å²) in [6, 6.07) is 7.12. The second kappa shape index (κ2) is 3.94. The highest BCUT2D eigenvalue weighted by molar-refractivity contribution is 5.80. The lowest BCUT2D eigenvalue weighted by molar-refractivity contribution is -0.122. The number of nitrogens with two attached hydrogens (primary N) is 1. The molecule has 0 aliphatic heterocycles. The van der Waals surface area contributed by atoms with Crippen LogP contribution in [0.3, 0.4) is 0 Å². The molecule has 1 atom stereocenters. The van der Waals surface area contributed by atoms with Gasteiger partial charge in [-0.25, -0.2) is 0 Å². The van der Waals surface area contributed by atoms with Gasteiger partial charge in [0.1, 0.15) is 5.75 Å². The number of anilines is 1. The molecule has 3 heteroatoms. The van der Waals surface area contributed by atoms with Crippen molar-refractivity contribution in [2.75, 3.05) is 5.73 Å². The van der Waals surface area contributed by atoms with Crippen molar-refractivity contribution in [3.63, 3.8) is 0 Å². The average molecular weight is 179 g/mol. The van der Waals surface area contributed by atoms with Gasteiger partial charge in [-0.2, -0.15) is 0 Å². The zero-order valence-corrected chi connectivity index (χ0v) is 7.78. The summed E-state index contributed by atoms with van der Waals surface area (Å²) in [6.07, 6.45) is -0.440. The zero-order chi connectivity index (χ0) is 9.84. The van der Waals surface area contributed by atoms with Gasteiger partial charge in [0.2, 0.25) is 0 Å². The molecule has 0 bridgehead atoms. The van der Waals surface area contributed by atoms with Crippen LogP contribution in [0.4, 0.5) is 5.69 Å². The minimum Gasteiger partial charge on any atom is -0.481 e. The Hall–Kier alpha value is -1.51. The third-order valence-electron chi connectivity index (χ3n) is 1.80. The van der Waals surface area contributed by atoms with Crippen molar-refractivity contribution in [1.82, 2.24) is 0 Å². The minimum absolute atomic E-state index is 0.0109. The molecule has 0 heterocycles. The summed E-state index contributed by atoms with van der Waals surface area (Å²) in [5.74, 6) is 0.549. The fraction of sp³-hybridized carbons (Fsp3) is 0.300. The number of benzene rings is 1. The van der Waals surface area contributed by atoms with Crippen molar-refractivity contribution in [3.05, 3.63) is 24.3 Å². The van der Waals surface area contributed by atoms with Crippen LogP contribution in [0.5, 0.6) is 5.75 Å². The molecule has 1 rings (SSSR count). The number of Topliss-reactive ketones (excluding diaryl/α,β-unsaturated/α-hetero) is 1. The van der Waals surface area contributed by atoms with Crippen LogP contribution in [0.15, 0.2) is 24.3 Å². The predicted octanol–water partition coefficient (Wildman–Crippen LogP) is 1.63. The molecule has 0 saturated heterocycles. The van der Waals surface area contributed by atoms with Gasteiger partial charge in [0.25, 0.3) is 0 Å². The number of ketones is 1. The van der Waals surface area contributed by atoms with E-state index in [2.05, 4.69) is 0 Å². The van der Waals surface area contributed by atoms with E-state index in [4.69, 9.17) is 10.5 Å². The molecule has 1 unspecified atom stereocenters. The maximum Gasteiger partial charge on any atom is 0.169 e. The molecule has 0 amide bonds. The first-order valence-electron chi connectivity index (χ1n) is 4.13. The number of nitrogen functional groups attached to an aromatic ring is 1. The van der Waals surface area contributed by atoms with E-state index in [1.54, 1.807) is 19.1 Å². The van der Waals surface area contributed by atoms with Crippen LogP contribution in [0.25, 0.3) is 0 Å². The zero-order valence-electron chi connectivity index (χ0n) is 7.78. The Morgan fingerprint density at radius 3 is 2.62 bits per heavy atom. The lowest BCUT2D eigenvalue weighted by Gasteiger charge is -2.12. The van der Waals surface area contributed by atoms with Gasteiger partial charge in [0.05, 0.1) is 5.69 Å². The number of hydrogen-bond acceptors (Lipinski definition) is 3. The third-order valence-corrected chi connectivity index (χ3v) is 1.80. The highest BCUT2D eigenvalue weighted by Gasteiger charge is 2.09. The third kappa shape index (κ3) is 2.47. The fourth-order valence-electron chi connectivity index (χ4n) is 0.861. The van der Waals surface area contributed by atoms with Gasteiger partial charge in [-0.3, -0.25) is 4.79 Å². The number of ether oxygens (including phenoxy) is 1. The van der Waals surface area contributed by atoms with Gasteiger partial charge in [0, 0.05) is 0 Å². The molecule has 70 valence electrons. The maximum atomic E-state index is 10.9. The molecule has 3 nitrogen and oxygen atoms in total. The van der Waals surface area contributed by atoms with Crippen LogP contribution in [0.1, 0.15) is 13.8 Å². The molecule has 0 fully saturated rings. The molecule has 0 aromatic heterocycles. The Bertz CT molecular complexity index is 310. The van der Waals surface area contributed by atoms with Gasteiger partial charge >= 0.3 is 0 Å². The van der Waals surface area contributed by atoms with Crippen molar-refractivity contribution in [1.29, 1.82) is 0 Å². The van der Waals surface area contributed by atoms with Crippen molar-refractivity contribution in [2.24, 2.45) is 0 Å².